The van der Waals surface area contributed by atoms with Crippen molar-refractivity contribution in [2.45, 2.75) is 38.4 Å². The highest BCUT2D eigenvalue weighted by atomic mass is 16.2. The first-order valence-corrected chi connectivity index (χ1v) is 8.16. The van der Waals surface area contributed by atoms with E-state index in [0.717, 1.165) is 5.69 Å². The van der Waals surface area contributed by atoms with Gasteiger partial charge in [-0.1, -0.05) is 0 Å². The van der Waals surface area contributed by atoms with Crippen LogP contribution in [0.15, 0.2) is 30.6 Å². The Hall–Kier alpha value is -2.81. The van der Waals surface area contributed by atoms with E-state index in [1.165, 1.54) is 11.0 Å². The number of likely N-dealkylation sites (tertiary alicyclic amines) is 1. The van der Waals surface area contributed by atoms with Crippen LogP contribution < -0.4 is 11.1 Å². The number of hydrogen-bond donors (Lipinski definition) is 2. The van der Waals surface area contributed by atoms with Gasteiger partial charge in [0.25, 0.3) is 5.91 Å². The average Bonchev–Trinajstić information content (AvgIpc) is 3.23. The summed E-state index contributed by atoms with van der Waals surface area (Å²) in [4.78, 5) is 26.8. The molecule has 2 atom stereocenters. The summed E-state index contributed by atoms with van der Waals surface area (Å²) >= 11 is 0. The van der Waals surface area contributed by atoms with Crippen LogP contribution in [0.5, 0.6) is 0 Å². The zero-order valence-corrected chi connectivity index (χ0v) is 14.2. The number of benzene rings is 1. The monoisotopic (exact) mass is 343 g/mol. The van der Waals surface area contributed by atoms with Gasteiger partial charge in [0.15, 0.2) is 0 Å². The molecule has 2 aromatic rings. The Morgan fingerprint density at radius 2 is 2.00 bits per heavy atom. The van der Waals surface area contributed by atoms with Crippen molar-refractivity contribution >= 4 is 11.8 Å². The van der Waals surface area contributed by atoms with Gasteiger partial charge in [0.05, 0.1) is 5.69 Å². The summed E-state index contributed by atoms with van der Waals surface area (Å²) in [6.07, 6.45) is 1.94. The van der Waals surface area contributed by atoms with Crippen LogP contribution >= 0.6 is 0 Å². The summed E-state index contributed by atoms with van der Waals surface area (Å²) in [6.45, 7) is 4.14. The van der Waals surface area contributed by atoms with Gasteiger partial charge in [-0.3, -0.25) is 9.59 Å². The second-order valence-electron chi connectivity index (χ2n) is 6.43. The van der Waals surface area contributed by atoms with E-state index in [1.54, 1.807) is 29.2 Å². The topological polar surface area (TPSA) is 119 Å². The third kappa shape index (κ3) is 3.66. The van der Waals surface area contributed by atoms with E-state index >= 15 is 0 Å². The SMILES string of the molecule is CC(C)NC(=O)[C@@H]1C[C@@H](N)CN1C(=O)c1ccc(-n2cnnn2)cc1. The van der Waals surface area contributed by atoms with Crippen molar-refractivity contribution in [3.8, 4) is 5.69 Å². The van der Waals surface area contributed by atoms with Crippen molar-refractivity contribution in [3.05, 3.63) is 36.2 Å². The first kappa shape index (κ1) is 17.0. The lowest BCUT2D eigenvalue weighted by Crippen LogP contribution is -2.47. The van der Waals surface area contributed by atoms with E-state index in [9.17, 15) is 9.59 Å². The molecular formula is C16H21N7O2. The van der Waals surface area contributed by atoms with Crippen LogP contribution in [0.1, 0.15) is 30.6 Å². The van der Waals surface area contributed by atoms with Gasteiger partial charge in [-0.05, 0) is 55.0 Å². The average molecular weight is 343 g/mol. The number of rotatable bonds is 4. The Balaban J connectivity index is 1.77. The number of aromatic nitrogens is 4. The van der Waals surface area contributed by atoms with Gasteiger partial charge >= 0.3 is 0 Å². The van der Waals surface area contributed by atoms with E-state index in [4.69, 9.17) is 5.73 Å². The number of carbonyl (C=O) groups excluding carboxylic acids is 2. The molecule has 1 aromatic heterocycles. The number of amides is 2. The largest absolute Gasteiger partial charge is 0.352 e. The summed E-state index contributed by atoms with van der Waals surface area (Å²) in [5, 5.41) is 13.8. The third-order valence-electron chi connectivity index (χ3n) is 4.06. The van der Waals surface area contributed by atoms with Gasteiger partial charge in [-0.25, -0.2) is 4.68 Å². The van der Waals surface area contributed by atoms with Gasteiger partial charge < -0.3 is 16.0 Å². The smallest absolute Gasteiger partial charge is 0.254 e. The van der Waals surface area contributed by atoms with Gasteiger partial charge in [0.1, 0.15) is 12.4 Å². The fraction of sp³-hybridized carbons (Fsp3) is 0.438. The molecule has 3 rings (SSSR count). The summed E-state index contributed by atoms with van der Waals surface area (Å²) in [5.41, 5.74) is 7.23. The molecule has 1 aromatic carbocycles. The van der Waals surface area contributed by atoms with Crippen LogP contribution in [0.2, 0.25) is 0 Å². The van der Waals surface area contributed by atoms with Crippen LogP contribution in [0.25, 0.3) is 5.69 Å². The molecule has 0 radical (unpaired) electrons. The molecule has 1 saturated heterocycles. The number of nitrogens with zero attached hydrogens (tertiary/aromatic N) is 5. The molecule has 9 heteroatoms. The van der Waals surface area contributed by atoms with Gasteiger partial charge in [-0.2, -0.15) is 0 Å². The van der Waals surface area contributed by atoms with E-state index in [1.807, 2.05) is 13.8 Å². The second-order valence-corrected chi connectivity index (χ2v) is 6.43. The third-order valence-corrected chi connectivity index (χ3v) is 4.06. The standard InChI is InChI=1S/C16H21N7O2/c1-10(2)19-15(24)14-7-12(17)8-22(14)16(25)11-3-5-13(6-4-11)23-9-18-20-21-23/h3-6,9-10,12,14H,7-8,17H2,1-2H3,(H,19,24)/t12-,14+/m1/s1. The molecule has 0 aliphatic carbocycles. The van der Waals surface area contributed by atoms with Gasteiger partial charge in [-0.15, -0.1) is 5.10 Å². The minimum absolute atomic E-state index is 0.0110. The van der Waals surface area contributed by atoms with Gasteiger partial charge in [0, 0.05) is 24.2 Å². The highest BCUT2D eigenvalue weighted by molar-refractivity contribution is 5.98. The maximum absolute atomic E-state index is 12.8. The minimum Gasteiger partial charge on any atom is -0.352 e. The Morgan fingerprint density at radius 1 is 1.28 bits per heavy atom. The molecular weight excluding hydrogens is 322 g/mol. The molecule has 2 amide bonds. The fourth-order valence-corrected chi connectivity index (χ4v) is 2.92. The maximum atomic E-state index is 12.8. The number of nitrogens with two attached hydrogens (primary N) is 1. The number of nitrogens with one attached hydrogen (secondary N) is 1. The van der Waals surface area contributed by atoms with E-state index < -0.39 is 6.04 Å². The summed E-state index contributed by atoms with van der Waals surface area (Å²) < 4.78 is 1.50. The summed E-state index contributed by atoms with van der Waals surface area (Å²) in [6, 6.07) is 6.17. The van der Waals surface area contributed by atoms with Crippen molar-refractivity contribution in [2.24, 2.45) is 5.73 Å². The Labute approximate surface area is 145 Å². The molecule has 1 aliphatic rings. The lowest BCUT2D eigenvalue weighted by molar-refractivity contribution is -0.125. The highest BCUT2D eigenvalue weighted by Crippen LogP contribution is 2.21. The minimum atomic E-state index is -0.538. The van der Waals surface area contributed by atoms with Crippen molar-refractivity contribution in [1.29, 1.82) is 0 Å². The lowest BCUT2D eigenvalue weighted by atomic mass is 10.1. The zero-order chi connectivity index (χ0) is 18.0. The summed E-state index contributed by atoms with van der Waals surface area (Å²) in [5.74, 6) is -0.373. The van der Waals surface area contributed by atoms with Crippen molar-refractivity contribution in [1.82, 2.24) is 30.4 Å². The molecule has 3 N–H and O–H groups in total. The Morgan fingerprint density at radius 3 is 2.60 bits per heavy atom. The van der Waals surface area contributed by atoms with Crippen molar-refractivity contribution < 1.29 is 9.59 Å². The highest BCUT2D eigenvalue weighted by Gasteiger charge is 2.38. The molecule has 0 unspecified atom stereocenters. The normalized spacial score (nSPS) is 20.1. The quantitative estimate of drug-likeness (QED) is 0.789. The first-order valence-electron chi connectivity index (χ1n) is 8.16. The van der Waals surface area contributed by atoms with Crippen molar-refractivity contribution in [2.75, 3.05) is 6.54 Å². The first-order chi connectivity index (χ1) is 12.0. The number of hydrogen-bond acceptors (Lipinski definition) is 6. The molecule has 25 heavy (non-hydrogen) atoms. The summed E-state index contributed by atoms with van der Waals surface area (Å²) in [7, 11) is 0. The predicted molar refractivity (Wildman–Crippen MR) is 89.8 cm³/mol. The zero-order valence-electron chi connectivity index (χ0n) is 14.2. The Kier molecular flexibility index (Phi) is 4.75. The fourth-order valence-electron chi connectivity index (χ4n) is 2.92. The molecule has 132 valence electrons. The van der Waals surface area contributed by atoms with Crippen molar-refractivity contribution in [3.63, 3.8) is 0 Å². The number of tetrazole rings is 1. The predicted octanol–water partition coefficient (Wildman–Crippen LogP) is -0.271. The van der Waals surface area contributed by atoms with Crippen LogP contribution in [0, 0.1) is 0 Å². The molecule has 0 spiro atoms. The van der Waals surface area contributed by atoms with Crippen LogP contribution in [-0.2, 0) is 4.79 Å². The number of carbonyl (C=O) groups is 2. The molecule has 1 aliphatic heterocycles. The molecule has 1 fully saturated rings. The molecule has 2 heterocycles. The second kappa shape index (κ2) is 6.98. The van der Waals surface area contributed by atoms with Crippen LogP contribution in [0.3, 0.4) is 0 Å². The van der Waals surface area contributed by atoms with Gasteiger partial charge in [0.2, 0.25) is 5.91 Å². The van der Waals surface area contributed by atoms with Crippen LogP contribution in [0.4, 0.5) is 0 Å². The van der Waals surface area contributed by atoms with Crippen LogP contribution in [-0.4, -0.2) is 61.6 Å². The molecule has 0 saturated carbocycles. The van der Waals surface area contributed by atoms with E-state index in [0.29, 0.717) is 18.5 Å². The maximum Gasteiger partial charge on any atom is 0.254 e. The van der Waals surface area contributed by atoms with E-state index in [-0.39, 0.29) is 23.9 Å². The molecule has 0 bridgehead atoms. The Bertz CT molecular complexity index is 742. The molecule has 9 nitrogen and oxygen atoms in total. The lowest BCUT2D eigenvalue weighted by Gasteiger charge is -2.24. The van der Waals surface area contributed by atoms with E-state index in [2.05, 4.69) is 20.8 Å².